The predicted molar refractivity (Wildman–Crippen MR) is 66.2 cm³/mol. The normalized spacial score (nSPS) is 10.5. The molecule has 0 heterocycles. The molecule has 0 aliphatic rings. The second-order valence-corrected chi connectivity index (χ2v) is 4.45. The molecule has 0 atom stereocenters. The average Bonchev–Trinajstić information content (AvgIpc) is 2.20. The third-order valence-corrected chi connectivity index (χ3v) is 2.89. The number of likely N-dealkylation sites (N-methyl/N-ethyl adjacent to an activating group) is 1. The molecule has 1 amide bonds. The Hall–Kier alpha value is -1.07. The molecule has 0 saturated carbocycles. The number of amides is 1. The van der Waals surface area contributed by atoms with Crippen LogP contribution in [0.15, 0.2) is 22.7 Å². The van der Waals surface area contributed by atoms with Gasteiger partial charge in [-0.25, -0.2) is 0 Å². The Morgan fingerprint density at radius 2 is 2.25 bits per heavy atom. The molecular weight excluding hydrogens is 272 g/mol. The zero-order valence-electron chi connectivity index (χ0n) is 9.37. The van der Waals surface area contributed by atoms with E-state index in [4.69, 9.17) is 10.5 Å². The Kier molecular flexibility index (Phi) is 4.76. The summed E-state index contributed by atoms with van der Waals surface area (Å²) < 4.78 is 6.13. The molecule has 88 valence electrons. The third-order valence-electron chi connectivity index (χ3n) is 2.12. The van der Waals surface area contributed by atoms with Gasteiger partial charge in [0, 0.05) is 11.0 Å². The molecule has 1 aromatic carbocycles. The van der Waals surface area contributed by atoms with Crippen LogP contribution >= 0.6 is 15.9 Å². The van der Waals surface area contributed by atoms with Crippen molar-refractivity contribution in [1.29, 1.82) is 0 Å². The van der Waals surface area contributed by atoms with Gasteiger partial charge in [-0.3, -0.25) is 9.69 Å². The van der Waals surface area contributed by atoms with Crippen molar-refractivity contribution in [2.24, 2.45) is 5.73 Å². The van der Waals surface area contributed by atoms with E-state index in [1.54, 1.807) is 7.11 Å². The van der Waals surface area contributed by atoms with Crippen molar-refractivity contribution < 1.29 is 9.53 Å². The van der Waals surface area contributed by atoms with Crippen LogP contribution in [0.1, 0.15) is 5.56 Å². The van der Waals surface area contributed by atoms with Crippen LogP contribution in [0, 0.1) is 0 Å². The summed E-state index contributed by atoms with van der Waals surface area (Å²) >= 11 is 3.46. The van der Waals surface area contributed by atoms with Gasteiger partial charge in [-0.2, -0.15) is 0 Å². The lowest BCUT2D eigenvalue weighted by molar-refractivity contribution is -0.118. The minimum Gasteiger partial charge on any atom is -0.497 e. The zero-order valence-corrected chi connectivity index (χ0v) is 11.0. The summed E-state index contributed by atoms with van der Waals surface area (Å²) in [5.41, 5.74) is 6.18. The zero-order chi connectivity index (χ0) is 12.1. The number of benzene rings is 1. The molecule has 0 aliphatic carbocycles. The second-order valence-electron chi connectivity index (χ2n) is 3.60. The summed E-state index contributed by atoms with van der Waals surface area (Å²) in [7, 11) is 3.47. The molecule has 5 heteroatoms. The Bertz CT molecular complexity index is 382. The fourth-order valence-electron chi connectivity index (χ4n) is 1.41. The molecule has 2 N–H and O–H groups in total. The molecule has 16 heavy (non-hydrogen) atoms. The van der Waals surface area contributed by atoms with Gasteiger partial charge in [-0.05, 0) is 30.8 Å². The van der Waals surface area contributed by atoms with E-state index < -0.39 is 0 Å². The second kappa shape index (κ2) is 5.86. The molecule has 1 aromatic rings. The third kappa shape index (κ3) is 3.83. The first kappa shape index (κ1) is 13.0. The van der Waals surface area contributed by atoms with Gasteiger partial charge in [0.1, 0.15) is 5.75 Å². The van der Waals surface area contributed by atoms with E-state index in [0.717, 1.165) is 15.8 Å². The number of hydrogen-bond donors (Lipinski definition) is 1. The highest BCUT2D eigenvalue weighted by Gasteiger charge is 2.07. The predicted octanol–water partition coefficient (Wildman–Crippen LogP) is 1.37. The topological polar surface area (TPSA) is 55.6 Å². The lowest BCUT2D eigenvalue weighted by Crippen LogP contribution is -2.30. The molecule has 0 saturated heterocycles. The van der Waals surface area contributed by atoms with Crippen molar-refractivity contribution in [3.05, 3.63) is 28.2 Å². The van der Waals surface area contributed by atoms with Crippen molar-refractivity contribution in [3.63, 3.8) is 0 Å². The SMILES string of the molecule is COc1ccc(Br)c(CN(C)CC(N)=O)c1. The number of hydrogen-bond acceptors (Lipinski definition) is 3. The Balaban J connectivity index is 2.75. The van der Waals surface area contributed by atoms with Crippen LogP contribution in [-0.4, -0.2) is 31.5 Å². The lowest BCUT2D eigenvalue weighted by atomic mass is 10.2. The maximum Gasteiger partial charge on any atom is 0.231 e. The smallest absolute Gasteiger partial charge is 0.231 e. The minimum absolute atomic E-state index is 0.240. The van der Waals surface area contributed by atoms with E-state index in [2.05, 4.69) is 15.9 Å². The number of nitrogens with zero attached hydrogens (tertiary/aromatic N) is 1. The standard InChI is InChI=1S/C11H15BrN2O2/c1-14(7-11(13)15)6-8-5-9(16-2)3-4-10(8)12/h3-5H,6-7H2,1-2H3,(H2,13,15). The summed E-state index contributed by atoms with van der Waals surface area (Å²) in [5, 5.41) is 0. The van der Waals surface area contributed by atoms with Gasteiger partial charge in [-0.15, -0.1) is 0 Å². The molecule has 0 spiro atoms. The quantitative estimate of drug-likeness (QED) is 0.890. The van der Waals surface area contributed by atoms with Crippen LogP contribution in [-0.2, 0) is 11.3 Å². The van der Waals surface area contributed by atoms with Crippen LogP contribution in [0.25, 0.3) is 0 Å². The maximum atomic E-state index is 10.8. The molecule has 0 fully saturated rings. The summed E-state index contributed by atoms with van der Waals surface area (Å²) in [6.07, 6.45) is 0. The average molecular weight is 287 g/mol. The molecule has 0 aliphatic heterocycles. The molecule has 4 nitrogen and oxygen atoms in total. The highest BCUT2D eigenvalue weighted by atomic mass is 79.9. The number of rotatable bonds is 5. The van der Waals surface area contributed by atoms with Gasteiger partial charge in [0.2, 0.25) is 5.91 Å². The first-order chi connectivity index (χ1) is 7.52. The van der Waals surface area contributed by atoms with Gasteiger partial charge in [0.15, 0.2) is 0 Å². The fourth-order valence-corrected chi connectivity index (χ4v) is 1.78. The first-order valence-corrected chi connectivity index (χ1v) is 5.61. The summed E-state index contributed by atoms with van der Waals surface area (Å²) in [5.74, 6) is 0.465. The molecule has 0 radical (unpaired) electrons. The number of ether oxygens (including phenoxy) is 1. The van der Waals surface area contributed by atoms with Crippen LogP contribution < -0.4 is 10.5 Å². The Morgan fingerprint density at radius 3 is 2.81 bits per heavy atom. The highest BCUT2D eigenvalue weighted by molar-refractivity contribution is 9.10. The van der Waals surface area contributed by atoms with Crippen molar-refractivity contribution >= 4 is 21.8 Å². The van der Waals surface area contributed by atoms with Crippen molar-refractivity contribution in [2.75, 3.05) is 20.7 Å². The Morgan fingerprint density at radius 1 is 1.56 bits per heavy atom. The van der Waals surface area contributed by atoms with E-state index >= 15 is 0 Å². The highest BCUT2D eigenvalue weighted by Crippen LogP contribution is 2.23. The maximum absolute atomic E-state index is 10.8. The van der Waals surface area contributed by atoms with Crippen molar-refractivity contribution in [3.8, 4) is 5.75 Å². The molecule has 0 bridgehead atoms. The minimum atomic E-state index is -0.332. The number of methoxy groups -OCH3 is 1. The van der Waals surface area contributed by atoms with E-state index in [9.17, 15) is 4.79 Å². The van der Waals surface area contributed by atoms with Crippen molar-refractivity contribution in [2.45, 2.75) is 6.54 Å². The summed E-state index contributed by atoms with van der Waals surface area (Å²) in [6, 6.07) is 5.73. The van der Waals surface area contributed by atoms with Gasteiger partial charge < -0.3 is 10.5 Å². The van der Waals surface area contributed by atoms with Crippen LogP contribution in [0.5, 0.6) is 5.75 Å². The van der Waals surface area contributed by atoms with Crippen LogP contribution in [0.3, 0.4) is 0 Å². The molecule has 0 unspecified atom stereocenters. The van der Waals surface area contributed by atoms with E-state index in [-0.39, 0.29) is 12.5 Å². The van der Waals surface area contributed by atoms with E-state index in [1.807, 2.05) is 30.1 Å². The molecule has 0 aromatic heterocycles. The van der Waals surface area contributed by atoms with Crippen LogP contribution in [0.4, 0.5) is 0 Å². The van der Waals surface area contributed by atoms with E-state index in [1.165, 1.54) is 0 Å². The Labute approximate surface area is 103 Å². The van der Waals surface area contributed by atoms with Crippen LogP contribution in [0.2, 0.25) is 0 Å². The van der Waals surface area contributed by atoms with Crippen molar-refractivity contribution in [1.82, 2.24) is 4.90 Å². The fraction of sp³-hybridized carbons (Fsp3) is 0.364. The summed E-state index contributed by atoms with van der Waals surface area (Å²) in [4.78, 5) is 12.6. The first-order valence-electron chi connectivity index (χ1n) is 4.82. The van der Waals surface area contributed by atoms with Gasteiger partial charge >= 0.3 is 0 Å². The largest absolute Gasteiger partial charge is 0.497 e. The number of carbonyl (C=O) groups is 1. The molecule has 1 rings (SSSR count). The number of primary amides is 1. The number of halogens is 1. The number of carbonyl (C=O) groups excluding carboxylic acids is 1. The van der Waals surface area contributed by atoms with Gasteiger partial charge in [0.25, 0.3) is 0 Å². The number of nitrogens with two attached hydrogens (primary N) is 1. The summed E-state index contributed by atoms with van der Waals surface area (Å²) in [6.45, 7) is 0.879. The monoisotopic (exact) mass is 286 g/mol. The van der Waals surface area contributed by atoms with Gasteiger partial charge in [-0.1, -0.05) is 15.9 Å². The van der Waals surface area contributed by atoms with Gasteiger partial charge in [0.05, 0.1) is 13.7 Å². The molecular formula is C11H15BrN2O2. The lowest BCUT2D eigenvalue weighted by Gasteiger charge is -2.16. The van der Waals surface area contributed by atoms with E-state index in [0.29, 0.717) is 6.54 Å².